The Bertz CT molecular complexity index is 683. The average molecular weight is 277 g/mol. The first-order valence-corrected chi connectivity index (χ1v) is 6.50. The van der Waals surface area contributed by atoms with Crippen LogP contribution in [0.4, 0.5) is 0 Å². The van der Waals surface area contributed by atoms with Crippen molar-refractivity contribution in [3.05, 3.63) is 83.4 Å². The summed E-state index contributed by atoms with van der Waals surface area (Å²) in [6.45, 7) is 0. The van der Waals surface area contributed by atoms with E-state index in [1.165, 1.54) is 6.08 Å². The second-order valence-corrected chi connectivity index (χ2v) is 4.47. The molecule has 0 spiro atoms. The van der Waals surface area contributed by atoms with Crippen molar-refractivity contribution in [2.75, 3.05) is 0 Å². The van der Waals surface area contributed by atoms with Crippen LogP contribution in [0.3, 0.4) is 0 Å². The summed E-state index contributed by atoms with van der Waals surface area (Å²) >= 11 is 0. The number of carbonyl (C=O) groups is 2. The van der Waals surface area contributed by atoms with Gasteiger partial charge in [0.1, 0.15) is 0 Å². The topological polar surface area (TPSA) is 60.2 Å². The highest BCUT2D eigenvalue weighted by atomic mass is 16.1. The molecular formula is C18H15NO2. The molecule has 21 heavy (non-hydrogen) atoms. The lowest BCUT2D eigenvalue weighted by atomic mass is 10.1. The summed E-state index contributed by atoms with van der Waals surface area (Å²) in [5.74, 6) is -0.565. The SMILES string of the molecule is NC(=O)/C=C/c1ccc(C(=O)/C=C/c2ccccc2)cc1. The minimum absolute atomic E-state index is 0.0655. The van der Waals surface area contributed by atoms with Crippen molar-refractivity contribution in [2.45, 2.75) is 0 Å². The number of hydrogen-bond acceptors (Lipinski definition) is 2. The van der Waals surface area contributed by atoms with Gasteiger partial charge in [0.15, 0.2) is 5.78 Å². The predicted octanol–water partition coefficient (Wildman–Crippen LogP) is 3.08. The van der Waals surface area contributed by atoms with Crippen LogP contribution in [0.2, 0.25) is 0 Å². The third-order valence-electron chi connectivity index (χ3n) is 2.86. The molecule has 2 aromatic carbocycles. The molecule has 2 rings (SSSR count). The van der Waals surface area contributed by atoms with Gasteiger partial charge < -0.3 is 5.73 Å². The maximum atomic E-state index is 12.0. The van der Waals surface area contributed by atoms with Gasteiger partial charge in [0.25, 0.3) is 0 Å². The van der Waals surface area contributed by atoms with Crippen molar-refractivity contribution in [2.24, 2.45) is 5.73 Å². The van der Waals surface area contributed by atoms with Crippen LogP contribution in [0.1, 0.15) is 21.5 Å². The Morgan fingerprint density at radius 1 is 0.762 bits per heavy atom. The van der Waals surface area contributed by atoms with Gasteiger partial charge in [0, 0.05) is 11.6 Å². The molecule has 0 saturated carbocycles. The third kappa shape index (κ3) is 4.58. The Balaban J connectivity index is 2.06. The smallest absolute Gasteiger partial charge is 0.241 e. The fraction of sp³-hybridized carbons (Fsp3) is 0. The lowest BCUT2D eigenvalue weighted by Gasteiger charge is -1.98. The van der Waals surface area contributed by atoms with Crippen LogP contribution >= 0.6 is 0 Å². The Morgan fingerprint density at radius 2 is 1.33 bits per heavy atom. The molecule has 0 fully saturated rings. The molecule has 0 aliphatic rings. The molecule has 0 radical (unpaired) electrons. The fourth-order valence-corrected chi connectivity index (χ4v) is 1.77. The number of amides is 1. The largest absolute Gasteiger partial charge is 0.366 e. The van der Waals surface area contributed by atoms with Crippen molar-refractivity contribution >= 4 is 23.8 Å². The van der Waals surface area contributed by atoms with Crippen LogP contribution < -0.4 is 5.73 Å². The molecular weight excluding hydrogens is 262 g/mol. The van der Waals surface area contributed by atoms with Gasteiger partial charge in [-0.05, 0) is 23.3 Å². The van der Waals surface area contributed by atoms with E-state index in [-0.39, 0.29) is 5.78 Å². The molecule has 2 N–H and O–H groups in total. The second kappa shape index (κ2) is 7.01. The van der Waals surface area contributed by atoms with Crippen molar-refractivity contribution in [3.8, 4) is 0 Å². The van der Waals surface area contributed by atoms with Gasteiger partial charge in [-0.2, -0.15) is 0 Å². The van der Waals surface area contributed by atoms with E-state index in [1.54, 1.807) is 42.5 Å². The van der Waals surface area contributed by atoms with Crippen LogP contribution in [0.25, 0.3) is 12.2 Å². The summed E-state index contributed by atoms with van der Waals surface area (Å²) in [5.41, 5.74) is 7.42. The number of ketones is 1. The van der Waals surface area contributed by atoms with Gasteiger partial charge in [0.2, 0.25) is 5.91 Å². The summed E-state index contributed by atoms with van der Waals surface area (Å²) in [7, 11) is 0. The zero-order valence-corrected chi connectivity index (χ0v) is 11.4. The van der Waals surface area contributed by atoms with Gasteiger partial charge in [-0.3, -0.25) is 9.59 Å². The highest BCUT2D eigenvalue weighted by Gasteiger charge is 2.00. The van der Waals surface area contributed by atoms with Crippen LogP contribution in [-0.2, 0) is 4.79 Å². The fourth-order valence-electron chi connectivity index (χ4n) is 1.77. The normalized spacial score (nSPS) is 11.0. The summed E-state index contributed by atoms with van der Waals surface area (Å²) < 4.78 is 0. The van der Waals surface area contributed by atoms with Crippen molar-refractivity contribution in [3.63, 3.8) is 0 Å². The molecule has 3 nitrogen and oxygen atoms in total. The number of benzene rings is 2. The number of hydrogen-bond donors (Lipinski definition) is 1. The van der Waals surface area contributed by atoms with E-state index in [1.807, 2.05) is 30.3 Å². The first-order chi connectivity index (χ1) is 10.1. The summed E-state index contributed by atoms with van der Waals surface area (Å²) in [4.78, 5) is 22.7. The zero-order chi connectivity index (χ0) is 15.1. The molecule has 0 atom stereocenters. The summed E-state index contributed by atoms with van der Waals surface area (Å²) in [6, 6.07) is 16.6. The standard InChI is InChI=1S/C18H15NO2/c19-18(21)13-9-15-6-10-16(11-7-15)17(20)12-8-14-4-2-1-3-5-14/h1-13H,(H2,19,21)/b12-8+,13-9+. The molecule has 0 heterocycles. The molecule has 2 aromatic rings. The maximum absolute atomic E-state index is 12.0. The van der Waals surface area contributed by atoms with Crippen molar-refractivity contribution < 1.29 is 9.59 Å². The Hall–Kier alpha value is -2.94. The predicted molar refractivity (Wildman–Crippen MR) is 84.5 cm³/mol. The lowest BCUT2D eigenvalue weighted by Crippen LogP contribution is -2.05. The van der Waals surface area contributed by atoms with Crippen molar-refractivity contribution in [1.82, 2.24) is 0 Å². The highest BCUT2D eigenvalue weighted by molar-refractivity contribution is 6.06. The second-order valence-electron chi connectivity index (χ2n) is 4.47. The average Bonchev–Trinajstić information content (AvgIpc) is 2.52. The number of primary amides is 1. The third-order valence-corrected chi connectivity index (χ3v) is 2.86. The van der Waals surface area contributed by atoms with Gasteiger partial charge >= 0.3 is 0 Å². The van der Waals surface area contributed by atoms with Crippen LogP contribution in [0, 0.1) is 0 Å². The van der Waals surface area contributed by atoms with Gasteiger partial charge in [-0.1, -0.05) is 60.7 Å². The molecule has 0 unspecified atom stereocenters. The Kier molecular flexibility index (Phi) is 4.83. The lowest BCUT2D eigenvalue weighted by molar-refractivity contribution is -0.113. The molecule has 0 aromatic heterocycles. The molecule has 0 aliphatic carbocycles. The molecule has 3 heteroatoms. The molecule has 0 bridgehead atoms. The van der Waals surface area contributed by atoms with Gasteiger partial charge in [0.05, 0.1) is 0 Å². The van der Waals surface area contributed by atoms with Crippen molar-refractivity contribution in [1.29, 1.82) is 0 Å². The van der Waals surface area contributed by atoms with Crippen LogP contribution in [0.5, 0.6) is 0 Å². The summed E-state index contributed by atoms with van der Waals surface area (Å²) in [5, 5.41) is 0. The van der Waals surface area contributed by atoms with E-state index in [4.69, 9.17) is 5.73 Å². The van der Waals surface area contributed by atoms with E-state index in [0.717, 1.165) is 11.1 Å². The molecule has 1 amide bonds. The number of nitrogens with two attached hydrogens (primary N) is 1. The number of carbonyl (C=O) groups excluding carboxylic acids is 2. The minimum atomic E-state index is -0.499. The zero-order valence-electron chi connectivity index (χ0n) is 11.4. The molecule has 104 valence electrons. The van der Waals surface area contributed by atoms with Gasteiger partial charge in [-0.15, -0.1) is 0 Å². The van der Waals surface area contributed by atoms with E-state index >= 15 is 0 Å². The van der Waals surface area contributed by atoms with E-state index in [2.05, 4.69) is 0 Å². The Labute approximate surface area is 123 Å². The van der Waals surface area contributed by atoms with E-state index < -0.39 is 5.91 Å². The minimum Gasteiger partial charge on any atom is -0.366 e. The monoisotopic (exact) mass is 277 g/mol. The quantitative estimate of drug-likeness (QED) is 0.674. The van der Waals surface area contributed by atoms with Crippen LogP contribution in [0.15, 0.2) is 66.7 Å². The first-order valence-electron chi connectivity index (χ1n) is 6.50. The molecule has 0 saturated heterocycles. The number of allylic oxidation sites excluding steroid dienone is 1. The number of rotatable bonds is 5. The van der Waals surface area contributed by atoms with E-state index in [9.17, 15) is 9.59 Å². The maximum Gasteiger partial charge on any atom is 0.241 e. The van der Waals surface area contributed by atoms with Gasteiger partial charge in [-0.25, -0.2) is 0 Å². The summed E-state index contributed by atoms with van der Waals surface area (Å²) in [6.07, 6.45) is 6.22. The van der Waals surface area contributed by atoms with Crippen LogP contribution in [-0.4, -0.2) is 11.7 Å². The van der Waals surface area contributed by atoms with E-state index in [0.29, 0.717) is 5.56 Å². The first kappa shape index (κ1) is 14.5. The Morgan fingerprint density at radius 3 is 1.95 bits per heavy atom. The molecule has 0 aliphatic heterocycles. The highest BCUT2D eigenvalue weighted by Crippen LogP contribution is 2.09.